The molecule has 0 spiro atoms. The fraction of sp³-hybridized carbons (Fsp3) is 0.533. The normalized spacial score (nSPS) is 21.8. The smallest absolute Gasteiger partial charge is 0.338 e. The summed E-state index contributed by atoms with van der Waals surface area (Å²) >= 11 is 0. The summed E-state index contributed by atoms with van der Waals surface area (Å²) in [5.41, 5.74) is 0.512. The molecule has 1 fully saturated rings. The van der Waals surface area contributed by atoms with E-state index in [1.54, 1.807) is 18.2 Å². The summed E-state index contributed by atoms with van der Waals surface area (Å²) < 4.78 is 15.9. The topological polar surface area (TPSA) is 48.0 Å². The van der Waals surface area contributed by atoms with E-state index in [-0.39, 0.29) is 12.8 Å². The molecule has 0 aliphatic carbocycles. The fourth-order valence-corrected chi connectivity index (χ4v) is 2.71. The fourth-order valence-electron chi connectivity index (χ4n) is 2.71. The molecule has 0 radical (unpaired) electrons. The third-order valence-corrected chi connectivity index (χ3v) is 3.78. The first-order valence-corrected chi connectivity index (χ1v) is 6.97. The molecule has 2 heterocycles. The van der Waals surface area contributed by atoms with Crippen LogP contribution in [-0.2, 0) is 4.74 Å². The van der Waals surface area contributed by atoms with Crippen molar-refractivity contribution in [3.05, 3.63) is 23.8 Å². The van der Waals surface area contributed by atoms with Crippen molar-refractivity contribution in [2.75, 3.05) is 33.5 Å². The lowest BCUT2D eigenvalue weighted by molar-refractivity contribution is 0.0371. The van der Waals surface area contributed by atoms with Crippen molar-refractivity contribution in [2.45, 2.75) is 12.8 Å². The summed E-state index contributed by atoms with van der Waals surface area (Å²) in [6.07, 6.45) is 2.29. The molecule has 0 aromatic heterocycles. The van der Waals surface area contributed by atoms with Crippen LogP contribution in [-0.4, -0.2) is 44.4 Å². The molecule has 0 saturated carbocycles. The first-order chi connectivity index (χ1) is 9.72. The molecular weight excluding hydrogens is 258 g/mol. The second-order valence-corrected chi connectivity index (χ2v) is 5.44. The van der Waals surface area contributed by atoms with Gasteiger partial charge in [0, 0.05) is 12.5 Å². The summed E-state index contributed by atoms with van der Waals surface area (Å²) in [6, 6.07) is 5.13. The van der Waals surface area contributed by atoms with E-state index >= 15 is 0 Å². The summed E-state index contributed by atoms with van der Waals surface area (Å²) in [6.45, 7) is 2.82. The van der Waals surface area contributed by atoms with E-state index in [9.17, 15) is 4.79 Å². The first kappa shape index (κ1) is 13.2. The van der Waals surface area contributed by atoms with Gasteiger partial charge in [-0.1, -0.05) is 0 Å². The highest BCUT2D eigenvalue weighted by Gasteiger charge is 2.20. The van der Waals surface area contributed by atoms with E-state index in [1.807, 2.05) is 0 Å². The maximum Gasteiger partial charge on any atom is 0.338 e. The zero-order valence-electron chi connectivity index (χ0n) is 11.6. The summed E-state index contributed by atoms with van der Waals surface area (Å²) in [7, 11) is 2.10. The third kappa shape index (κ3) is 2.88. The predicted octanol–water partition coefficient (Wildman–Crippen LogP) is 1.91. The first-order valence-electron chi connectivity index (χ1n) is 6.97. The Morgan fingerprint density at radius 2 is 2.25 bits per heavy atom. The van der Waals surface area contributed by atoms with Gasteiger partial charge in [0.25, 0.3) is 0 Å². The number of carbonyl (C=O) groups excluding carboxylic acids is 1. The molecule has 0 amide bonds. The van der Waals surface area contributed by atoms with Gasteiger partial charge >= 0.3 is 5.97 Å². The molecule has 3 rings (SSSR count). The molecule has 1 aromatic carbocycles. The lowest BCUT2D eigenvalue weighted by Gasteiger charge is -2.29. The Hall–Kier alpha value is -1.75. The van der Waals surface area contributed by atoms with Crippen molar-refractivity contribution < 1.29 is 19.0 Å². The van der Waals surface area contributed by atoms with E-state index < -0.39 is 0 Å². The van der Waals surface area contributed by atoms with Gasteiger partial charge in [0.1, 0.15) is 0 Å². The monoisotopic (exact) mass is 277 g/mol. The molecular formula is C15H19NO4. The zero-order chi connectivity index (χ0) is 13.9. The standard InChI is InChI=1S/C15H19NO4/c1-16-6-2-3-11(8-16)9-18-15(17)12-4-5-13-14(7-12)20-10-19-13/h4-5,7,11H,2-3,6,8-10H2,1H3. The maximum absolute atomic E-state index is 12.0. The number of nitrogens with zero attached hydrogens (tertiary/aromatic N) is 1. The number of esters is 1. The number of likely N-dealkylation sites (tertiary alicyclic amines) is 1. The van der Waals surface area contributed by atoms with Crippen LogP contribution in [0.4, 0.5) is 0 Å². The minimum absolute atomic E-state index is 0.211. The molecule has 1 saturated heterocycles. The van der Waals surface area contributed by atoms with Gasteiger partial charge in [-0.25, -0.2) is 4.79 Å². The van der Waals surface area contributed by atoms with E-state index in [4.69, 9.17) is 14.2 Å². The Bertz CT molecular complexity index is 503. The Morgan fingerprint density at radius 1 is 1.40 bits per heavy atom. The van der Waals surface area contributed by atoms with Gasteiger partial charge in [0.15, 0.2) is 11.5 Å². The number of hydrogen-bond acceptors (Lipinski definition) is 5. The summed E-state index contributed by atoms with van der Waals surface area (Å²) in [5, 5.41) is 0. The highest BCUT2D eigenvalue weighted by molar-refractivity contribution is 5.90. The van der Waals surface area contributed by atoms with Crippen molar-refractivity contribution in [2.24, 2.45) is 5.92 Å². The van der Waals surface area contributed by atoms with Gasteiger partial charge in [0.2, 0.25) is 6.79 Å². The van der Waals surface area contributed by atoms with Crippen LogP contribution in [0.2, 0.25) is 0 Å². The Morgan fingerprint density at radius 3 is 3.10 bits per heavy atom. The van der Waals surface area contributed by atoms with Gasteiger partial charge in [-0.3, -0.25) is 0 Å². The van der Waals surface area contributed by atoms with Crippen molar-refractivity contribution in [1.29, 1.82) is 0 Å². The summed E-state index contributed by atoms with van der Waals surface area (Å²) in [5.74, 6) is 1.43. The number of rotatable bonds is 3. The molecule has 1 aromatic rings. The lowest BCUT2D eigenvalue weighted by atomic mass is 9.99. The van der Waals surface area contributed by atoms with Crippen LogP contribution < -0.4 is 9.47 Å². The number of carbonyl (C=O) groups is 1. The highest BCUT2D eigenvalue weighted by atomic mass is 16.7. The van der Waals surface area contributed by atoms with Crippen LogP contribution in [0.1, 0.15) is 23.2 Å². The minimum Gasteiger partial charge on any atom is -0.462 e. The third-order valence-electron chi connectivity index (χ3n) is 3.78. The number of fused-ring (bicyclic) bond motifs is 1. The van der Waals surface area contributed by atoms with Crippen LogP contribution in [0.25, 0.3) is 0 Å². The van der Waals surface area contributed by atoms with Crippen LogP contribution in [0.15, 0.2) is 18.2 Å². The number of ether oxygens (including phenoxy) is 3. The average molecular weight is 277 g/mol. The highest BCUT2D eigenvalue weighted by Crippen LogP contribution is 2.32. The molecule has 0 N–H and O–H groups in total. The number of benzene rings is 1. The minimum atomic E-state index is -0.295. The maximum atomic E-state index is 12.0. The van der Waals surface area contributed by atoms with Crippen LogP contribution in [0.5, 0.6) is 11.5 Å². The second kappa shape index (κ2) is 5.71. The molecule has 2 aliphatic rings. The molecule has 1 atom stereocenters. The second-order valence-electron chi connectivity index (χ2n) is 5.44. The van der Waals surface area contributed by atoms with Gasteiger partial charge < -0.3 is 19.1 Å². The van der Waals surface area contributed by atoms with E-state index in [2.05, 4.69) is 11.9 Å². The Kier molecular flexibility index (Phi) is 3.78. The van der Waals surface area contributed by atoms with Crippen molar-refractivity contribution in [1.82, 2.24) is 4.90 Å². The van der Waals surface area contributed by atoms with Crippen LogP contribution in [0.3, 0.4) is 0 Å². The van der Waals surface area contributed by atoms with Crippen molar-refractivity contribution >= 4 is 5.97 Å². The molecule has 0 bridgehead atoms. The van der Waals surface area contributed by atoms with E-state index in [0.29, 0.717) is 29.6 Å². The Labute approximate surface area is 118 Å². The van der Waals surface area contributed by atoms with Crippen LogP contribution in [0, 0.1) is 5.92 Å². The van der Waals surface area contributed by atoms with Gasteiger partial charge in [-0.15, -0.1) is 0 Å². The van der Waals surface area contributed by atoms with Crippen LogP contribution >= 0.6 is 0 Å². The number of piperidine rings is 1. The van der Waals surface area contributed by atoms with Gasteiger partial charge in [0.05, 0.1) is 12.2 Å². The van der Waals surface area contributed by atoms with Crippen molar-refractivity contribution in [3.63, 3.8) is 0 Å². The summed E-state index contributed by atoms with van der Waals surface area (Å²) in [4.78, 5) is 14.3. The largest absolute Gasteiger partial charge is 0.462 e. The molecule has 20 heavy (non-hydrogen) atoms. The molecule has 2 aliphatic heterocycles. The van der Waals surface area contributed by atoms with Gasteiger partial charge in [-0.05, 0) is 44.6 Å². The number of hydrogen-bond donors (Lipinski definition) is 0. The SMILES string of the molecule is CN1CCCC(COC(=O)c2ccc3c(c2)OCO3)C1. The van der Waals surface area contributed by atoms with E-state index in [1.165, 1.54) is 6.42 Å². The lowest BCUT2D eigenvalue weighted by Crippen LogP contribution is -2.34. The molecule has 1 unspecified atom stereocenters. The Balaban J connectivity index is 1.56. The van der Waals surface area contributed by atoms with E-state index in [0.717, 1.165) is 19.5 Å². The average Bonchev–Trinajstić information content (AvgIpc) is 2.92. The predicted molar refractivity (Wildman–Crippen MR) is 73.1 cm³/mol. The van der Waals surface area contributed by atoms with Gasteiger partial charge in [-0.2, -0.15) is 0 Å². The van der Waals surface area contributed by atoms with Crippen molar-refractivity contribution in [3.8, 4) is 11.5 Å². The zero-order valence-corrected chi connectivity index (χ0v) is 11.6. The molecule has 5 heteroatoms. The molecule has 108 valence electrons. The molecule has 5 nitrogen and oxygen atoms in total. The quantitative estimate of drug-likeness (QED) is 0.790.